The number of aliphatic hydroxyl groups is 1. The highest BCUT2D eigenvalue weighted by atomic mass is 16.3. The smallest absolute Gasteiger partial charge is 0.221 e. The molecule has 1 saturated heterocycles. The van der Waals surface area contributed by atoms with E-state index in [1.165, 1.54) is 6.92 Å². The lowest BCUT2D eigenvalue weighted by molar-refractivity contribution is -0.114. The molecule has 1 aliphatic rings. The molecule has 2 aromatic carbocycles. The molecule has 0 aliphatic carbocycles. The molecule has 0 bridgehead atoms. The number of aliphatic hydroxyl groups excluding tert-OH is 1. The van der Waals surface area contributed by atoms with E-state index >= 15 is 0 Å². The zero-order valence-electron chi connectivity index (χ0n) is 17.5. The van der Waals surface area contributed by atoms with E-state index in [0.29, 0.717) is 6.04 Å². The van der Waals surface area contributed by atoms with E-state index < -0.39 is 0 Å². The summed E-state index contributed by atoms with van der Waals surface area (Å²) < 4.78 is 0. The van der Waals surface area contributed by atoms with Crippen LogP contribution < -0.4 is 15.5 Å². The highest BCUT2D eigenvalue weighted by Crippen LogP contribution is 2.35. The molecule has 6 nitrogen and oxygen atoms in total. The number of hydrogen-bond donors (Lipinski definition) is 3. The molecule has 0 saturated carbocycles. The second-order valence-corrected chi connectivity index (χ2v) is 7.94. The highest BCUT2D eigenvalue weighted by Gasteiger charge is 2.23. The van der Waals surface area contributed by atoms with Gasteiger partial charge in [0.15, 0.2) is 0 Å². The molecule has 0 spiro atoms. The van der Waals surface area contributed by atoms with Gasteiger partial charge in [-0.2, -0.15) is 0 Å². The number of benzene rings is 2. The van der Waals surface area contributed by atoms with Crippen molar-refractivity contribution < 1.29 is 9.90 Å². The molecular formula is C24H28N4O2. The summed E-state index contributed by atoms with van der Waals surface area (Å²) in [5, 5.41) is 17.3. The fraction of sp³-hybridized carbons (Fsp3) is 0.333. The summed E-state index contributed by atoms with van der Waals surface area (Å²) in [6, 6.07) is 14.5. The third kappa shape index (κ3) is 4.24. The van der Waals surface area contributed by atoms with Gasteiger partial charge in [0.2, 0.25) is 5.91 Å². The van der Waals surface area contributed by atoms with Gasteiger partial charge in [0, 0.05) is 48.9 Å². The second-order valence-electron chi connectivity index (χ2n) is 7.94. The van der Waals surface area contributed by atoms with Crippen molar-refractivity contribution in [2.24, 2.45) is 0 Å². The van der Waals surface area contributed by atoms with Crippen LogP contribution in [0.25, 0.3) is 10.9 Å². The first-order valence-corrected chi connectivity index (χ1v) is 10.4. The van der Waals surface area contributed by atoms with Gasteiger partial charge in [-0.15, -0.1) is 0 Å². The van der Waals surface area contributed by atoms with Crippen LogP contribution in [-0.4, -0.2) is 35.1 Å². The Kier molecular flexibility index (Phi) is 5.86. The van der Waals surface area contributed by atoms with Crippen molar-refractivity contribution in [1.82, 2.24) is 4.98 Å². The minimum absolute atomic E-state index is 0.0358. The number of aromatic nitrogens is 1. The van der Waals surface area contributed by atoms with Crippen molar-refractivity contribution >= 4 is 33.9 Å². The lowest BCUT2D eigenvalue weighted by atomic mass is 10.0. The number of nitrogens with one attached hydrogen (secondary N) is 2. The maximum atomic E-state index is 11.9. The molecule has 3 aromatic rings. The molecule has 6 heteroatoms. The standard InChI is InChI=1S/C24H28N4O2/c1-16-5-6-21(18(14-16)15-29)27-19-9-12-28(13-10-19)23-8-7-22-20(4-3-11-25-22)24(23)26-17(2)30/h3-8,11,14,19,27,29H,9-10,12-13,15H2,1-2H3,(H,26,30). The van der Waals surface area contributed by atoms with E-state index in [9.17, 15) is 9.90 Å². The molecule has 1 aromatic heterocycles. The number of carbonyl (C=O) groups is 1. The van der Waals surface area contributed by atoms with Crippen LogP contribution >= 0.6 is 0 Å². The van der Waals surface area contributed by atoms with Gasteiger partial charge in [0.05, 0.1) is 23.5 Å². The number of hydrogen-bond acceptors (Lipinski definition) is 5. The van der Waals surface area contributed by atoms with E-state index in [4.69, 9.17) is 0 Å². The van der Waals surface area contributed by atoms with Crippen LogP contribution in [0.2, 0.25) is 0 Å². The molecule has 156 valence electrons. The van der Waals surface area contributed by atoms with Gasteiger partial charge in [0.1, 0.15) is 0 Å². The molecular weight excluding hydrogens is 376 g/mol. The summed E-state index contributed by atoms with van der Waals surface area (Å²) in [4.78, 5) is 18.6. The molecule has 4 rings (SSSR count). The van der Waals surface area contributed by atoms with E-state index in [1.54, 1.807) is 6.20 Å². The van der Waals surface area contributed by atoms with Gasteiger partial charge >= 0.3 is 0 Å². The number of amides is 1. The summed E-state index contributed by atoms with van der Waals surface area (Å²) in [5.41, 5.74) is 5.84. The Morgan fingerprint density at radius 2 is 2.00 bits per heavy atom. The Balaban J connectivity index is 1.52. The fourth-order valence-corrected chi connectivity index (χ4v) is 4.19. The van der Waals surface area contributed by atoms with Gasteiger partial charge in [0.25, 0.3) is 0 Å². The SMILES string of the molecule is CC(=O)Nc1c(N2CCC(Nc3ccc(C)cc3CO)CC2)ccc2ncccc12. The zero-order valence-corrected chi connectivity index (χ0v) is 17.5. The summed E-state index contributed by atoms with van der Waals surface area (Å²) in [7, 11) is 0. The number of rotatable bonds is 5. The highest BCUT2D eigenvalue weighted by molar-refractivity contribution is 6.05. The predicted octanol–water partition coefficient (Wildman–Crippen LogP) is 4.07. The molecule has 30 heavy (non-hydrogen) atoms. The van der Waals surface area contributed by atoms with Gasteiger partial charge < -0.3 is 20.6 Å². The molecule has 1 amide bonds. The Labute approximate surface area is 176 Å². The third-order valence-corrected chi connectivity index (χ3v) is 5.69. The molecule has 0 radical (unpaired) electrons. The lowest BCUT2D eigenvalue weighted by Gasteiger charge is -2.36. The van der Waals surface area contributed by atoms with Crippen LogP contribution in [0.5, 0.6) is 0 Å². The number of nitrogens with zero attached hydrogens (tertiary/aromatic N) is 2. The van der Waals surface area contributed by atoms with Crippen molar-refractivity contribution in [3.8, 4) is 0 Å². The first kappa shape index (κ1) is 20.2. The maximum Gasteiger partial charge on any atom is 0.221 e. The molecule has 2 heterocycles. The van der Waals surface area contributed by atoms with Crippen LogP contribution in [0, 0.1) is 6.92 Å². The van der Waals surface area contributed by atoms with Gasteiger partial charge in [-0.3, -0.25) is 9.78 Å². The minimum atomic E-state index is -0.0833. The van der Waals surface area contributed by atoms with Crippen molar-refractivity contribution in [2.45, 2.75) is 39.3 Å². The van der Waals surface area contributed by atoms with Crippen molar-refractivity contribution in [1.29, 1.82) is 0 Å². The van der Waals surface area contributed by atoms with E-state index in [-0.39, 0.29) is 12.5 Å². The molecule has 3 N–H and O–H groups in total. The van der Waals surface area contributed by atoms with Gasteiger partial charge in [-0.25, -0.2) is 0 Å². The van der Waals surface area contributed by atoms with Crippen molar-refractivity contribution in [3.05, 3.63) is 59.8 Å². The lowest BCUT2D eigenvalue weighted by Crippen LogP contribution is -2.39. The molecule has 1 aliphatic heterocycles. The van der Waals surface area contributed by atoms with Crippen LogP contribution in [0.1, 0.15) is 30.9 Å². The summed E-state index contributed by atoms with van der Waals surface area (Å²) in [6.07, 6.45) is 3.72. The Hall–Kier alpha value is -3.12. The third-order valence-electron chi connectivity index (χ3n) is 5.69. The fourth-order valence-electron chi connectivity index (χ4n) is 4.19. The van der Waals surface area contributed by atoms with Gasteiger partial charge in [-0.1, -0.05) is 17.7 Å². The Bertz CT molecular complexity index is 1060. The summed E-state index contributed by atoms with van der Waals surface area (Å²) in [5.74, 6) is -0.0833. The summed E-state index contributed by atoms with van der Waals surface area (Å²) >= 11 is 0. The minimum Gasteiger partial charge on any atom is -0.392 e. The predicted molar refractivity (Wildman–Crippen MR) is 122 cm³/mol. The first-order valence-electron chi connectivity index (χ1n) is 10.4. The Morgan fingerprint density at radius 3 is 2.73 bits per heavy atom. The number of piperidine rings is 1. The normalized spacial score (nSPS) is 14.7. The average molecular weight is 405 g/mol. The summed E-state index contributed by atoms with van der Waals surface area (Å²) in [6.45, 7) is 5.38. The van der Waals surface area contributed by atoms with Crippen LogP contribution in [0.3, 0.4) is 0 Å². The van der Waals surface area contributed by atoms with E-state index in [0.717, 1.165) is 65.0 Å². The van der Waals surface area contributed by atoms with E-state index in [2.05, 4.69) is 38.7 Å². The van der Waals surface area contributed by atoms with Crippen molar-refractivity contribution in [3.63, 3.8) is 0 Å². The average Bonchev–Trinajstić information content (AvgIpc) is 2.75. The zero-order chi connectivity index (χ0) is 21.1. The number of anilines is 3. The van der Waals surface area contributed by atoms with E-state index in [1.807, 2.05) is 31.2 Å². The topological polar surface area (TPSA) is 77.5 Å². The number of pyridine rings is 1. The van der Waals surface area contributed by atoms with Crippen molar-refractivity contribution in [2.75, 3.05) is 28.6 Å². The second kappa shape index (κ2) is 8.71. The maximum absolute atomic E-state index is 11.9. The largest absolute Gasteiger partial charge is 0.392 e. The number of aryl methyl sites for hydroxylation is 1. The van der Waals surface area contributed by atoms with Crippen LogP contribution in [-0.2, 0) is 11.4 Å². The van der Waals surface area contributed by atoms with Crippen LogP contribution in [0.15, 0.2) is 48.7 Å². The van der Waals surface area contributed by atoms with Crippen LogP contribution in [0.4, 0.5) is 17.1 Å². The number of carbonyl (C=O) groups excluding carboxylic acids is 1. The monoisotopic (exact) mass is 404 g/mol. The number of fused-ring (bicyclic) bond motifs is 1. The Morgan fingerprint density at radius 1 is 1.20 bits per heavy atom. The molecule has 0 atom stereocenters. The first-order chi connectivity index (χ1) is 14.5. The quantitative estimate of drug-likeness (QED) is 0.597. The van der Waals surface area contributed by atoms with Gasteiger partial charge in [-0.05, 0) is 50.1 Å². The molecule has 1 fully saturated rings. The molecule has 0 unspecified atom stereocenters.